The van der Waals surface area contributed by atoms with E-state index in [0.29, 0.717) is 16.8 Å². The summed E-state index contributed by atoms with van der Waals surface area (Å²) in [5.41, 5.74) is -2.33. The highest BCUT2D eigenvalue weighted by Gasteiger charge is 2.39. The van der Waals surface area contributed by atoms with E-state index < -0.39 is 41.0 Å². The van der Waals surface area contributed by atoms with Gasteiger partial charge in [0.05, 0.1) is 34.7 Å². The van der Waals surface area contributed by atoms with Gasteiger partial charge in [0, 0.05) is 17.8 Å². The molecule has 0 aliphatic rings. The molecule has 3 aromatic heterocycles. The topological polar surface area (TPSA) is 72.7 Å². The number of benzene rings is 1. The van der Waals surface area contributed by atoms with Crippen LogP contribution < -0.4 is 5.32 Å². The van der Waals surface area contributed by atoms with Crippen LogP contribution in [0.4, 0.5) is 32.0 Å². The van der Waals surface area contributed by atoms with Crippen molar-refractivity contribution in [3.05, 3.63) is 82.8 Å². The molecule has 0 saturated heterocycles. The maximum atomic E-state index is 13.5. The molecule has 1 N–H and O–H groups in total. The van der Waals surface area contributed by atoms with Gasteiger partial charge in [-0.05, 0) is 36.8 Å². The zero-order valence-electron chi connectivity index (χ0n) is 17.7. The number of nitrogens with zero attached hydrogens (tertiary/aromatic N) is 4. The lowest BCUT2D eigenvalue weighted by molar-refractivity contribution is -0.143. The van der Waals surface area contributed by atoms with Crippen LogP contribution in [0.1, 0.15) is 40.1 Å². The zero-order valence-corrected chi connectivity index (χ0v) is 18.5. The summed E-state index contributed by atoms with van der Waals surface area (Å²) in [6, 6.07) is 5.64. The van der Waals surface area contributed by atoms with E-state index in [1.807, 2.05) is 0 Å². The van der Waals surface area contributed by atoms with Gasteiger partial charge in [0.1, 0.15) is 10.7 Å². The van der Waals surface area contributed by atoms with Crippen LogP contribution in [0, 0.1) is 0 Å². The molecule has 1 aromatic carbocycles. The molecule has 0 aliphatic carbocycles. The van der Waals surface area contributed by atoms with Crippen LogP contribution in [0.2, 0.25) is 0 Å². The normalized spacial score (nSPS) is 13.0. The third-order valence-electron chi connectivity index (χ3n) is 5.01. The number of thiazole rings is 1. The fraction of sp³-hybridized carbons (Fsp3) is 0.182. The van der Waals surface area contributed by atoms with E-state index in [4.69, 9.17) is 0 Å². The van der Waals surface area contributed by atoms with E-state index in [0.717, 1.165) is 10.7 Å². The Labute approximate surface area is 198 Å². The maximum absolute atomic E-state index is 13.5. The second kappa shape index (κ2) is 9.13. The summed E-state index contributed by atoms with van der Waals surface area (Å²) >= 11 is 1.21. The van der Waals surface area contributed by atoms with Gasteiger partial charge in [-0.25, -0.2) is 4.98 Å². The van der Waals surface area contributed by atoms with Crippen molar-refractivity contribution in [2.75, 3.05) is 5.32 Å². The van der Waals surface area contributed by atoms with Gasteiger partial charge in [0.15, 0.2) is 0 Å². The number of aromatic nitrogens is 4. The molecule has 182 valence electrons. The molecule has 0 bridgehead atoms. The van der Waals surface area contributed by atoms with Gasteiger partial charge in [-0.3, -0.25) is 14.5 Å². The summed E-state index contributed by atoms with van der Waals surface area (Å²) in [6.45, 7) is 1.36. The van der Waals surface area contributed by atoms with Gasteiger partial charge in [-0.15, -0.1) is 11.3 Å². The third-order valence-corrected chi connectivity index (χ3v) is 5.88. The summed E-state index contributed by atoms with van der Waals surface area (Å²) in [4.78, 5) is 20.9. The van der Waals surface area contributed by atoms with Crippen LogP contribution in [0.15, 0.2) is 60.4 Å². The van der Waals surface area contributed by atoms with Crippen LogP contribution in [-0.2, 0) is 12.4 Å². The largest absolute Gasteiger partial charge is 0.416 e. The Morgan fingerprint density at radius 1 is 1.09 bits per heavy atom. The molecule has 1 atom stereocenters. The summed E-state index contributed by atoms with van der Waals surface area (Å²) in [5, 5.41) is 8.59. The summed E-state index contributed by atoms with van der Waals surface area (Å²) in [6.07, 6.45) is -5.83. The lowest BCUT2D eigenvalue weighted by Gasteiger charge is -2.20. The van der Waals surface area contributed by atoms with Gasteiger partial charge in [0.2, 0.25) is 0 Å². The lowest BCUT2D eigenvalue weighted by atomic mass is 9.98. The first-order valence-electron chi connectivity index (χ1n) is 9.94. The highest BCUT2D eigenvalue weighted by Crippen LogP contribution is 2.39. The van der Waals surface area contributed by atoms with E-state index in [2.05, 4.69) is 20.4 Å². The Morgan fingerprint density at radius 3 is 2.51 bits per heavy atom. The van der Waals surface area contributed by atoms with Crippen LogP contribution in [0.5, 0.6) is 0 Å². The van der Waals surface area contributed by atoms with Crippen LogP contribution in [-0.4, -0.2) is 25.7 Å². The Bertz CT molecular complexity index is 1350. The first kappa shape index (κ1) is 24.4. The number of carbonyl (C=O) groups excluding carboxylic acids is 1. The quantitative estimate of drug-likeness (QED) is 0.319. The molecule has 1 amide bonds. The molecular formula is C22H15F6N5OS. The van der Waals surface area contributed by atoms with Crippen molar-refractivity contribution >= 4 is 22.9 Å². The number of carbonyl (C=O) groups is 1. The number of anilines is 1. The average Bonchev–Trinajstić information content (AvgIpc) is 3.48. The van der Waals surface area contributed by atoms with Crippen LogP contribution in [0.3, 0.4) is 0 Å². The van der Waals surface area contributed by atoms with E-state index in [1.54, 1.807) is 24.4 Å². The second-order valence-corrected chi connectivity index (χ2v) is 8.25. The van der Waals surface area contributed by atoms with Gasteiger partial charge < -0.3 is 5.32 Å². The molecule has 4 rings (SSSR count). The summed E-state index contributed by atoms with van der Waals surface area (Å²) in [7, 11) is 0. The molecule has 13 heteroatoms. The van der Waals surface area contributed by atoms with Crippen molar-refractivity contribution in [3.8, 4) is 10.7 Å². The van der Waals surface area contributed by atoms with Gasteiger partial charge in [-0.1, -0.05) is 12.1 Å². The van der Waals surface area contributed by atoms with E-state index >= 15 is 0 Å². The highest BCUT2D eigenvalue weighted by molar-refractivity contribution is 7.13. The van der Waals surface area contributed by atoms with Crippen molar-refractivity contribution < 1.29 is 31.1 Å². The fourth-order valence-electron chi connectivity index (χ4n) is 3.28. The van der Waals surface area contributed by atoms with Crippen LogP contribution in [0.25, 0.3) is 10.7 Å². The molecule has 4 aromatic rings. The molecule has 6 nitrogen and oxygen atoms in total. The Hall–Kier alpha value is -3.74. The van der Waals surface area contributed by atoms with Crippen LogP contribution >= 0.6 is 11.3 Å². The number of rotatable bonds is 5. The lowest BCUT2D eigenvalue weighted by Crippen LogP contribution is -2.17. The molecule has 0 fully saturated rings. The number of amides is 1. The maximum Gasteiger partial charge on any atom is 0.416 e. The van der Waals surface area contributed by atoms with Gasteiger partial charge >= 0.3 is 12.4 Å². The van der Waals surface area contributed by atoms with E-state index in [1.165, 1.54) is 36.0 Å². The zero-order chi connectivity index (χ0) is 25.4. The molecule has 35 heavy (non-hydrogen) atoms. The van der Waals surface area contributed by atoms with Crippen molar-refractivity contribution in [2.45, 2.75) is 25.3 Å². The Morgan fingerprint density at radius 2 is 1.86 bits per heavy atom. The van der Waals surface area contributed by atoms with Crippen molar-refractivity contribution in [1.82, 2.24) is 19.7 Å². The highest BCUT2D eigenvalue weighted by atomic mass is 32.1. The van der Waals surface area contributed by atoms with E-state index in [-0.39, 0.29) is 17.4 Å². The number of hydrogen-bond acceptors (Lipinski definition) is 5. The van der Waals surface area contributed by atoms with Crippen molar-refractivity contribution in [3.63, 3.8) is 0 Å². The second-order valence-electron chi connectivity index (χ2n) is 7.39. The third kappa shape index (κ3) is 5.34. The molecule has 0 radical (unpaired) electrons. The minimum Gasteiger partial charge on any atom is -0.318 e. The predicted molar refractivity (Wildman–Crippen MR) is 116 cm³/mol. The first-order chi connectivity index (χ1) is 16.4. The number of alkyl halides is 6. The monoisotopic (exact) mass is 511 g/mol. The molecule has 0 saturated carbocycles. The Kier molecular flexibility index (Phi) is 6.36. The molecular weight excluding hydrogens is 496 g/mol. The number of pyridine rings is 1. The van der Waals surface area contributed by atoms with Gasteiger partial charge in [-0.2, -0.15) is 31.4 Å². The smallest absolute Gasteiger partial charge is 0.318 e. The molecule has 1 unspecified atom stereocenters. The summed E-state index contributed by atoms with van der Waals surface area (Å²) in [5.74, 6) is -0.568. The first-order valence-corrected chi connectivity index (χ1v) is 10.8. The van der Waals surface area contributed by atoms with Crippen molar-refractivity contribution in [2.24, 2.45) is 0 Å². The fourth-order valence-corrected chi connectivity index (χ4v) is 4.05. The number of nitrogens with one attached hydrogen (secondary N) is 1. The number of halogens is 6. The van der Waals surface area contributed by atoms with Gasteiger partial charge in [0.25, 0.3) is 5.91 Å². The molecule has 3 heterocycles. The molecule has 0 aliphatic heterocycles. The van der Waals surface area contributed by atoms with Crippen molar-refractivity contribution in [1.29, 1.82) is 0 Å². The standard InChI is InChI=1S/C22H15F6N5OS/c1-12(15-6-5-13(21(23,24)25)8-16(15)22(26,27)28)33-10-14(9-30-33)31-19(34)18-11-35-20(32-18)17-4-2-3-7-29-17/h2-12H,1H3,(H,31,34). The minimum absolute atomic E-state index is 0.0828. The average molecular weight is 511 g/mol. The SMILES string of the molecule is CC(c1ccc(C(F)(F)F)cc1C(F)(F)F)n1cc(NC(=O)c2csc(-c3ccccn3)n2)cn1. The summed E-state index contributed by atoms with van der Waals surface area (Å²) < 4.78 is 80.5. The number of hydrogen-bond donors (Lipinski definition) is 1. The Balaban J connectivity index is 1.54. The minimum atomic E-state index is -5.01. The van der Waals surface area contributed by atoms with E-state index in [9.17, 15) is 31.1 Å². The molecule has 0 spiro atoms. The predicted octanol–water partition coefficient (Wildman–Crippen LogP) is 6.30.